The Bertz CT molecular complexity index is 442. The summed E-state index contributed by atoms with van der Waals surface area (Å²) in [7, 11) is 0. The largest absolute Gasteiger partial charge is 0.392 e. The maximum Gasteiger partial charge on any atom is 0.0819 e. The van der Waals surface area contributed by atoms with Crippen LogP contribution in [0.2, 0.25) is 5.02 Å². The summed E-state index contributed by atoms with van der Waals surface area (Å²) < 4.78 is 1.72. The molecule has 4 heteroatoms. The molecule has 2 rings (SSSR count). The minimum Gasteiger partial charge on any atom is -0.392 e. The minimum atomic E-state index is 0.0547. The van der Waals surface area contributed by atoms with E-state index in [9.17, 15) is 0 Å². The Labute approximate surface area is 92.9 Å². The van der Waals surface area contributed by atoms with Crippen LogP contribution in [0.15, 0.2) is 30.5 Å². The fraction of sp³-hybridized carbons (Fsp3) is 0.182. The summed E-state index contributed by atoms with van der Waals surface area (Å²) in [6.45, 7) is 1.92. The number of aryl methyl sites for hydroxylation is 1. The lowest BCUT2D eigenvalue weighted by Crippen LogP contribution is -1.95. The number of hydrogen-bond donors (Lipinski definition) is 1. The van der Waals surface area contributed by atoms with E-state index in [-0.39, 0.29) is 6.61 Å². The first-order valence-electron chi connectivity index (χ1n) is 4.62. The Balaban J connectivity index is 2.37. The third kappa shape index (κ3) is 2.03. The average Bonchev–Trinajstić information content (AvgIpc) is 2.59. The van der Waals surface area contributed by atoms with Gasteiger partial charge in [-0.25, -0.2) is 4.68 Å². The van der Waals surface area contributed by atoms with Gasteiger partial charge in [0.2, 0.25) is 0 Å². The second-order valence-electron chi connectivity index (χ2n) is 3.33. The van der Waals surface area contributed by atoms with E-state index in [1.54, 1.807) is 10.9 Å². The molecule has 2 aromatic rings. The van der Waals surface area contributed by atoms with Crippen molar-refractivity contribution in [3.63, 3.8) is 0 Å². The number of rotatable bonds is 2. The lowest BCUT2D eigenvalue weighted by atomic mass is 10.2. The zero-order valence-electron chi connectivity index (χ0n) is 8.31. The normalized spacial score (nSPS) is 10.6. The van der Waals surface area contributed by atoms with Gasteiger partial charge in [-0.3, -0.25) is 0 Å². The molecular weight excluding hydrogens is 212 g/mol. The van der Waals surface area contributed by atoms with E-state index >= 15 is 0 Å². The summed E-state index contributed by atoms with van der Waals surface area (Å²) >= 11 is 5.91. The molecule has 0 aliphatic heterocycles. The Morgan fingerprint density at radius 1 is 1.33 bits per heavy atom. The van der Waals surface area contributed by atoms with Crippen molar-refractivity contribution in [2.75, 3.05) is 0 Å². The van der Waals surface area contributed by atoms with Gasteiger partial charge in [-0.05, 0) is 24.6 Å². The van der Waals surface area contributed by atoms with E-state index in [0.29, 0.717) is 5.02 Å². The average molecular weight is 223 g/mol. The number of hydrogen-bond acceptors (Lipinski definition) is 2. The zero-order valence-corrected chi connectivity index (χ0v) is 9.07. The smallest absolute Gasteiger partial charge is 0.0819 e. The first-order chi connectivity index (χ1) is 7.20. The molecule has 0 bridgehead atoms. The molecule has 78 valence electrons. The van der Waals surface area contributed by atoms with Crippen LogP contribution < -0.4 is 0 Å². The van der Waals surface area contributed by atoms with Crippen LogP contribution in [0.1, 0.15) is 11.3 Å². The zero-order chi connectivity index (χ0) is 10.8. The molecule has 0 spiro atoms. The first-order valence-corrected chi connectivity index (χ1v) is 5.00. The summed E-state index contributed by atoms with van der Waals surface area (Å²) in [5, 5.41) is 13.8. The number of benzene rings is 1. The molecule has 3 nitrogen and oxygen atoms in total. The fourth-order valence-corrected chi connectivity index (χ4v) is 1.46. The van der Waals surface area contributed by atoms with Crippen LogP contribution in [0.5, 0.6) is 0 Å². The summed E-state index contributed by atoms with van der Waals surface area (Å²) in [5.74, 6) is 0. The van der Waals surface area contributed by atoms with Crippen LogP contribution in [-0.2, 0) is 6.61 Å². The van der Waals surface area contributed by atoms with E-state index in [1.807, 2.05) is 31.2 Å². The molecule has 15 heavy (non-hydrogen) atoms. The van der Waals surface area contributed by atoms with Crippen molar-refractivity contribution >= 4 is 11.6 Å². The van der Waals surface area contributed by atoms with Gasteiger partial charge >= 0.3 is 0 Å². The third-order valence-corrected chi connectivity index (χ3v) is 2.59. The summed E-state index contributed by atoms with van der Waals surface area (Å²) in [6, 6.07) is 7.52. The van der Waals surface area contributed by atoms with Crippen LogP contribution in [0.4, 0.5) is 0 Å². The van der Waals surface area contributed by atoms with E-state index in [2.05, 4.69) is 5.10 Å². The van der Waals surface area contributed by atoms with Crippen molar-refractivity contribution in [2.45, 2.75) is 13.5 Å². The lowest BCUT2D eigenvalue weighted by molar-refractivity contribution is 0.282. The number of aliphatic hydroxyl groups is 1. The van der Waals surface area contributed by atoms with Crippen LogP contribution in [0, 0.1) is 6.92 Å². The van der Waals surface area contributed by atoms with Gasteiger partial charge in [0.15, 0.2) is 0 Å². The highest BCUT2D eigenvalue weighted by atomic mass is 35.5. The van der Waals surface area contributed by atoms with Crippen molar-refractivity contribution in [1.82, 2.24) is 9.78 Å². The highest BCUT2D eigenvalue weighted by molar-refractivity contribution is 6.31. The second kappa shape index (κ2) is 4.04. The summed E-state index contributed by atoms with van der Waals surface area (Å²) in [4.78, 5) is 0. The molecule has 1 heterocycles. The van der Waals surface area contributed by atoms with Crippen molar-refractivity contribution in [1.29, 1.82) is 0 Å². The fourth-order valence-electron chi connectivity index (χ4n) is 1.33. The number of halogens is 1. The molecule has 1 aromatic heterocycles. The monoisotopic (exact) mass is 222 g/mol. The molecule has 1 N–H and O–H groups in total. The molecular formula is C11H11ClN2O. The Morgan fingerprint density at radius 3 is 2.47 bits per heavy atom. The number of nitrogens with zero attached hydrogens (tertiary/aromatic N) is 2. The minimum absolute atomic E-state index is 0.0547. The van der Waals surface area contributed by atoms with Gasteiger partial charge in [-0.1, -0.05) is 23.7 Å². The predicted octanol–water partition coefficient (Wildman–Crippen LogP) is 2.33. The SMILES string of the molecule is Cc1nn(-c2ccc(CO)cc2)cc1Cl. The van der Waals surface area contributed by atoms with Crippen molar-refractivity contribution < 1.29 is 5.11 Å². The number of aliphatic hydroxyl groups excluding tert-OH is 1. The lowest BCUT2D eigenvalue weighted by Gasteiger charge is -2.01. The molecule has 0 amide bonds. The van der Waals surface area contributed by atoms with E-state index < -0.39 is 0 Å². The summed E-state index contributed by atoms with van der Waals surface area (Å²) in [5.41, 5.74) is 2.62. The van der Waals surface area contributed by atoms with Crippen molar-refractivity contribution in [3.05, 3.63) is 46.7 Å². The Hall–Kier alpha value is -1.32. The molecule has 0 atom stereocenters. The van der Waals surface area contributed by atoms with Gasteiger partial charge in [0.05, 0.1) is 23.0 Å². The van der Waals surface area contributed by atoms with Gasteiger partial charge in [0, 0.05) is 6.20 Å². The molecule has 0 radical (unpaired) electrons. The van der Waals surface area contributed by atoms with Gasteiger partial charge in [0.1, 0.15) is 0 Å². The molecule has 0 fully saturated rings. The van der Waals surface area contributed by atoms with E-state index in [1.165, 1.54) is 0 Å². The molecule has 0 unspecified atom stereocenters. The van der Waals surface area contributed by atoms with Gasteiger partial charge in [-0.2, -0.15) is 5.10 Å². The van der Waals surface area contributed by atoms with Crippen LogP contribution >= 0.6 is 11.6 Å². The van der Waals surface area contributed by atoms with Gasteiger partial charge < -0.3 is 5.11 Å². The van der Waals surface area contributed by atoms with Gasteiger partial charge in [-0.15, -0.1) is 0 Å². The Morgan fingerprint density at radius 2 is 2.00 bits per heavy atom. The molecule has 1 aromatic carbocycles. The standard InChI is InChI=1S/C11H11ClN2O/c1-8-11(12)6-14(13-8)10-4-2-9(7-15)3-5-10/h2-6,15H,7H2,1H3. The van der Waals surface area contributed by atoms with Crippen LogP contribution in [-0.4, -0.2) is 14.9 Å². The van der Waals surface area contributed by atoms with Crippen LogP contribution in [0.3, 0.4) is 0 Å². The highest BCUT2D eigenvalue weighted by Crippen LogP contribution is 2.16. The van der Waals surface area contributed by atoms with Crippen molar-refractivity contribution in [2.24, 2.45) is 0 Å². The van der Waals surface area contributed by atoms with Crippen molar-refractivity contribution in [3.8, 4) is 5.69 Å². The molecule has 0 saturated heterocycles. The predicted molar refractivity (Wildman–Crippen MR) is 59.2 cm³/mol. The second-order valence-corrected chi connectivity index (χ2v) is 3.74. The maximum absolute atomic E-state index is 8.90. The molecule has 0 aliphatic carbocycles. The molecule has 0 aliphatic rings. The summed E-state index contributed by atoms with van der Waals surface area (Å²) in [6.07, 6.45) is 1.77. The topological polar surface area (TPSA) is 38.0 Å². The molecule has 0 saturated carbocycles. The van der Waals surface area contributed by atoms with E-state index in [0.717, 1.165) is 16.9 Å². The highest BCUT2D eigenvalue weighted by Gasteiger charge is 2.03. The first kappa shape index (κ1) is 10.2. The van der Waals surface area contributed by atoms with Gasteiger partial charge in [0.25, 0.3) is 0 Å². The maximum atomic E-state index is 8.90. The quantitative estimate of drug-likeness (QED) is 0.847. The Kier molecular flexibility index (Phi) is 2.75. The van der Waals surface area contributed by atoms with E-state index in [4.69, 9.17) is 16.7 Å². The number of aromatic nitrogens is 2. The van der Waals surface area contributed by atoms with Crippen LogP contribution in [0.25, 0.3) is 5.69 Å². The third-order valence-electron chi connectivity index (χ3n) is 2.22.